The molecule has 0 bridgehead atoms. The molecule has 0 fully saturated rings. The minimum atomic E-state index is -1.14. The Morgan fingerprint density at radius 2 is 1.14 bits per heavy atom. The van der Waals surface area contributed by atoms with Crippen LogP contribution >= 0.6 is 0 Å². The zero-order chi connectivity index (χ0) is 37.8. The van der Waals surface area contributed by atoms with Crippen molar-refractivity contribution in [3.63, 3.8) is 0 Å². The molecule has 0 aliphatic carbocycles. The van der Waals surface area contributed by atoms with Crippen LogP contribution in [-0.4, -0.2) is 75.5 Å². The van der Waals surface area contributed by atoms with Gasteiger partial charge in [-0.2, -0.15) is 0 Å². The molecule has 0 aromatic carbocycles. The average Bonchev–Trinajstić information content (AvgIpc) is 3.08. The molecule has 0 saturated heterocycles. The fourth-order valence-electron chi connectivity index (χ4n) is 4.95. The number of carbonyl (C=O) groups is 3. The van der Waals surface area contributed by atoms with Crippen LogP contribution in [0.1, 0.15) is 117 Å². The van der Waals surface area contributed by atoms with E-state index in [0.717, 1.165) is 77.0 Å². The summed E-state index contributed by atoms with van der Waals surface area (Å²) in [6, 6.07) is -0.739. The van der Waals surface area contributed by atoms with Crippen molar-refractivity contribution in [2.75, 3.05) is 41.0 Å². The maximum atomic E-state index is 12.6. The Morgan fingerprint density at radius 3 is 1.76 bits per heavy atom. The van der Waals surface area contributed by atoms with Gasteiger partial charge in [0.2, 0.25) is 0 Å². The molecule has 0 heterocycles. The van der Waals surface area contributed by atoms with Crippen LogP contribution in [-0.2, 0) is 28.6 Å². The van der Waals surface area contributed by atoms with Crippen molar-refractivity contribution in [2.45, 2.75) is 129 Å². The van der Waals surface area contributed by atoms with Gasteiger partial charge in [-0.15, -0.1) is 0 Å². The van der Waals surface area contributed by atoms with Crippen molar-refractivity contribution in [3.05, 3.63) is 85.1 Å². The van der Waals surface area contributed by atoms with Crippen LogP contribution in [0.5, 0.6) is 0 Å². The molecule has 8 nitrogen and oxygen atoms in total. The second-order valence-corrected chi connectivity index (χ2v) is 13.5. The largest absolute Gasteiger partial charge is 0.544 e. The van der Waals surface area contributed by atoms with Crippen LogP contribution in [0.15, 0.2) is 85.1 Å². The zero-order valence-corrected chi connectivity index (χ0v) is 32.5. The van der Waals surface area contributed by atoms with Gasteiger partial charge >= 0.3 is 11.9 Å². The molecule has 0 aliphatic rings. The van der Waals surface area contributed by atoms with Crippen molar-refractivity contribution in [2.24, 2.45) is 0 Å². The number of rotatable bonds is 32. The Morgan fingerprint density at radius 1 is 0.608 bits per heavy atom. The third-order valence-electron chi connectivity index (χ3n) is 7.91. The molecule has 0 aromatic heterocycles. The molecule has 8 heteroatoms. The lowest BCUT2D eigenvalue weighted by atomic mass is 10.1. The number of ether oxygens (including phenoxy) is 3. The molecule has 0 rings (SSSR count). The highest BCUT2D eigenvalue weighted by Gasteiger charge is 2.25. The van der Waals surface area contributed by atoms with E-state index >= 15 is 0 Å². The van der Waals surface area contributed by atoms with Gasteiger partial charge in [-0.25, -0.2) is 0 Å². The van der Waals surface area contributed by atoms with Gasteiger partial charge in [-0.3, -0.25) is 9.59 Å². The van der Waals surface area contributed by atoms with Gasteiger partial charge in [0.1, 0.15) is 12.6 Å². The molecule has 0 radical (unpaired) electrons. The second kappa shape index (κ2) is 33.6. The number of carboxylic acids is 1. The highest BCUT2D eigenvalue weighted by molar-refractivity contribution is 5.70. The molecule has 288 valence electrons. The summed E-state index contributed by atoms with van der Waals surface area (Å²) in [5.41, 5.74) is 0. The van der Waals surface area contributed by atoms with Crippen molar-refractivity contribution < 1.29 is 38.2 Å². The maximum absolute atomic E-state index is 12.6. The summed E-state index contributed by atoms with van der Waals surface area (Å²) < 4.78 is 17.0. The number of carboxylic acid groups (broad SMARTS) is 1. The first-order valence-electron chi connectivity index (χ1n) is 19.2. The van der Waals surface area contributed by atoms with E-state index < -0.39 is 18.1 Å². The van der Waals surface area contributed by atoms with Gasteiger partial charge in [0.25, 0.3) is 0 Å². The number of carbonyl (C=O) groups excluding carboxylic acids is 3. The van der Waals surface area contributed by atoms with Crippen molar-refractivity contribution >= 4 is 17.9 Å². The molecule has 0 aromatic rings. The number of aliphatic carboxylic acids is 1. The van der Waals surface area contributed by atoms with E-state index in [9.17, 15) is 19.5 Å². The summed E-state index contributed by atoms with van der Waals surface area (Å²) in [6.07, 6.45) is 41.8. The summed E-state index contributed by atoms with van der Waals surface area (Å²) in [6.45, 7) is 4.31. The highest BCUT2D eigenvalue weighted by atomic mass is 16.6. The first-order valence-corrected chi connectivity index (χ1v) is 19.2. The van der Waals surface area contributed by atoms with Gasteiger partial charge in [-0.1, -0.05) is 125 Å². The number of nitrogens with zero attached hydrogens (tertiary/aromatic N) is 1. The van der Waals surface area contributed by atoms with Crippen LogP contribution in [0.3, 0.4) is 0 Å². The van der Waals surface area contributed by atoms with Crippen molar-refractivity contribution in [1.82, 2.24) is 0 Å². The molecule has 2 atom stereocenters. The lowest BCUT2D eigenvalue weighted by molar-refractivity contribution is -0.889. The fourth-order valence-corrected chi connectivity index (χ4v) is 4.95. The molecule has 0 aliphatic heterocycles. The number of hydrogen-bond acceptors (Lipinski definition) is 7. The average molecular weight is 712 g/mol. The topological polar surface area (TPSA) is 102 Å². The Hall–Kier alpha value is -3.49. The predicted octanol–water partition coefficient (Wildman–Crippen LogP) is 8.46. The van der Waals surface area contributed by atoms with Gasteiger partial charge in [-0.05, 0) is 57.8 Å². The van der Waals surface area contributed by atoms with E-state index in [1.54, 1.807) is 21.1 Å². The number of likely N-dealkylation sites (N-methyl/N-ethyl adjacent to an activating group) is 1. The van der Waals surface area contributed by atoms with E-state index in [-0.39, 0.29) is 49.1 Å². The predicted molar refractivity (Wildman–Crippen MR) is 208 cm³/mol. The molecular formula is C43H69NO7. The molecule has 0 spiro atoms. The fraction of sp³-hybridized carbons (Fsp3) is 0.605. The van der Waals surface area contributed by atoms with E-state index in [0.29, 0.717) is 12.8 Å². The summed E-state index contributed by atoms with van der Waals surface area (Å²) in [7, 11) is 5.36. The number of allylic oxidation sites excluding steroid dienone is 14. The number of hydrogen-bond donors (Lipinski definition) is 0. The van der Waals surface area contributed by atoms with Crippen LogP contribution in [0.4, 0.5) is 0 Å². The zero-order valence-electron chi connectivity index (χ0n) is 32.5. The molecule has 0 amide bonds. The van der Waals surface area contributed by atoms with Crippen LogP contribution in [0.2, 0.25) is 0 Å². The van der Waals surface area contributed by atoms with Crippen molar-refractivity contribution in [3.8, 4) is 0 Å². The van der Waals surface area contributed by atoms with Gasteiger partial charge in [0.05, 0.1) is 40.3 Å². The maximum Gasteiger partial charge on any atom is 0.306 e. The first-order chi connectivity index (χ1) is 24.6. The van der Waals surface area contributed by atoms with Gasteiger partial charge < -0.3 is 28.6 Å². The van der Waals surface area contributed by atoms with E-state index in [2.05, 4.69) is 50.3 Å². The van der Waals surface area contributed by atoms with Crippen LogP contribution in [0, 0.1) is 0 Å². The molecule has 2 unspecified atom stereocenters. The van der Waals surface area contributed by atoms with Gasteiger partial charge in [0.15, 0.2) is 6.10 Å². The normalized spacial score (nSPS) is 14.0. The van der Waals surface area contributed by atoms with E-state index in [1.807, 2.05) is 48.6 Å². The Balaban J connectivity index is 4.56. The number of unbranched alkanes of at least 4 members (excludes halogenated alkanes) is 8. The van der Waals surface area contributed by atoms with E-state index in [1.165, 1.54) is 0 Å². The monoisotopic (exact) mass is 712 g/mol. The molecule has 0 N–H and O–H groups in total. The Kier molecular flexibility index (Phi) is 31.3. The molecule has 51 heavy (non-hydrogen) atoms. The Labute approximate surface area is 310 Å². The summed E-state index contributed by atoms with van der Waals surface area (Å²) in [4.78, 5) is 36.7. The minimum Gasteiger partial charge on any atom is -0.544 e. The standard InChI is InChI=1S/C43H69NO7/c1-6-8-10-12-14-16-18-20-21-22-24-26-28-30-32-34-42(46)51-39(37-49-36-35-40(43(47)48)44(3,4)5)38-50-41(45)33-31-29-27-25-23-19-17-15-13-11-9-7-2/h8-12,14-18,20-22,24,39-40H,6-7,13,19,23,25-38H2,1-5H3/b10-8+,11-9+,14-12+,17-15+,18-16+,21-20+,24-22+. The van der Waals surface area contributed by atoms with Crippen LogP contribution < -0.4 is 5.11 Å². The third kappa shape index (κ3) is 32.2. The first kappa shape index (κ1) is 47.5. The summed E-state index contributed by atoms with van der Waals surface area (Å²) >= 11 is 0. The second-order valence-electron chi connectivity index (χ2n) is 13.5. The van der Waals surface area contributed by atoms with Crippen LogP contribution in [0.25, 0.3) is 0 Å². The smallest absolute Gasteiger partial charge is 0.306 e. The highest BCUT2D eigenvalue weighted by Crippen LogP contribution is 2.11. The molecule has 0 saturated carbocycles. The van der Waals surface area contributed by atoms with Gasteiger partial charge in [0, 0.05) is 19.3 Å². The SMILES string of the molecule is CC/C=C/C=C/C=C/C=C/C=C/CCCCCC(=O)OC(COCCC(C(=O)[O-])[N+](C)(C)C)COC(=O)CCCCCCC/C=C/C/C=C/CC. The van der Waals surface area contributed by atoms with E-state index in [4.69, 9.17) is 14.2 Å². The summed E-state index contributed by atoms with van der Waals surface area (Å²) in [5, 5.41) is 11.6. The number of esters is 2. The Bertz CT molecular complexity index is 1110. The number of quaternary nitrogens is 1. The lowest BCUT2D eigenvalue weighted by Gasteiger charge is -2.34. The third-order valence-corrected chi connectivity index (χ3v) is 7.91. The quantitative estimate of drug-likeness (QED) is 0.0227. The minimum absolute atomic E-state index is 0.0129. The summed E-state index contributed by atoms with van der Waals surface area (Å²) in [5.74, 6) is -1.83. The molecular weight excluding hydrogens is 642 g/mol. The lowest BCUT2D eigenvalue weighted by Crippen LogP contribution is -2.55. The van der Waals surface area contributed by atoms with Crippen molar-refractivity contribution in [1.29, 1.82) is 0 Å².